The van der Waals surface area contributed by atoms with Crippen molar-refractivity contribution in [2.45, 2.75) is 0 Å². The Labute approximate surface area is 363 Å². The summed E-state index contributed by atoms with van der Waals surface area (Å²) in [4.78, 5) is 0. The second kappa shape index (κ2) is 170. The van der Waals surface area contributed by atoms with Crippen molar-refractivity contribution in [3.05, 3.63) is 0 Å². The predicted molar refractivity (Wildman–Crippen MR) is 193 cm³/mol. The SMILES string of the molecule is F.F.F.F.F.F.F.F.F.F.F.F.OB(O)O.OB(O)O.OB(O)O.OB(O)O.OB(O)O.OB(O)O.OB(O)O.OB(O)O.OB(O)O.OB(O)O.OB(O)O.OB(O)O.[LiH].[LiH]. The molecule has 36 nitrogen and oxygen atoms in total. The van der Waals surface area contributed by atoms with Crippen LogP contribution >= 0.6 is 0 Å². The van der Waals surface area contributed by atoms with E-state index in [1.54, 1.807) is 0 Å². The van der Waals surface area contributed by atoms with Crippen molar-refractivity contribution >= 4 is 126 Å². The summed E-state index contributed by atoms with van der Waals surface area (Å²) < 4.78 is 0. The fraction of sp³-hybridized carbons (Fsp3) is 0. The van der Waals surface area contributed by atoms with E-state index >= 15 is 0 Å². The standard InChI is InChI=1S/12BH3O3.12FH.2Li.2H/c12*2-1(3)4;;;;;;;;;;;;;;;;/h12*2-4H;12*1H;;;;. The van der Waals surface area contributed by atoms with E-state index in [-0.39, 0.29) is 94.2 Å². The minimum absolute atomic E-state index is 0. The van der Waals surface area contributed by atoms with E-state index in [1.165, 1.54) is 0 Å². The van der Waals surface area contributed by atoms with Crippen molar-refractivity contribution in [2.75, 3.05) is 0 Å². The molecule has 62 heteroatoms. The molecule has 0 radical (unpaired) electrons. The Balaban J connectivity index is -0.00000000931. The molecule has 0 bridgehead atoms. The first-order chi connectivity index (χ1) is 20.8. The van der Waals surface area contributed by atoms with Crippen molar-refractivity contribution in [3.63, 3.8) is 0 Å². The van der Waals surface area contributed by atoms with Gasteiger partial charge in [-0.05, 0) is 0 Å². The summed E-state index contributed by atoms with van der Waals surface area (Å²) in [5.74, 6) is 0. The van der Waals surface area contributed by atoms with Crippen LogP contribution in [0.1, 0.15) is 0 Å². The van der Waals surface area contributed by atoms with Crippen LogP contribution in [0.2, 0.25) is 0 Å². The van der Waals surface area contributed by atoms with Crippen LogP contribution in [0.25, 0.3) is 0 Å². The zero-order valence-electron chi connectivity index (χ0n) is 27.9. The molecule has 0 unspecified atom stereocenters. The Bertz CT molecular complexity index is 281. The van der Waals surface area contributed by atoms with Crippen molar-refractivity contribution in [2.24, 2.45) is 0 Å². The topological polar surface area (TPSA) is 728 Å². The van der Waals surface area contributed by atoms with Gasteiger partial charge in [0.15, 0.2) is 0 Å². The third kappa shape index (κ3) is 2200000. The molecule has 0 heterocycles. The van der Waals surface area contributed by atoms with Gasteiger partial charge in [0, 0.05) is 0 Å². The second-order valence-electron chi connectivity index (χ2n) is 4.16. The Hall–Kier alpha value is -0.306. The van der Waals surface area contributed by atoms with E-state index < -0.39 is 87.9 Å². The van der Waals surface area contributed by atoms with Crippen molar-refractivity contribution in [1.29, 1.82) is 0 Å². The average molecular weight is 998 g/mol. The molecule has 0 fully saturated rings. The zero-order valence-corrected chi connectivity index (χ0v) is 27.9. The molecule has 0 rings (SSSR count). The summed E-state index contributed by atoms with van der Waals surface area (Å²) in [6.45, 7) is 0. The Morgan fingerprint density at radius 3 is 0.0968 bits per heavy atom. The first-order valence-electron chi connectivity index (χ1n) is 9.30. The van der Waals surface area contributed by atoms with Crippen molar-refractivity contribution in [3.8, 4) is 0 Å². The summed E-state index contributed by atoms with van der Waals surface area (Å²) in [6, 6.07) is 0. The zero-order chi connectivity index (χ0) is 42.9. The Kier molecular flexibility index (Phi) is 488. The molecule has 36 N–H and O–H groups in total. The van der Waals surface area contributed by atoms with E-state index in [4.69, 9.17) is 181 Å². The van der Waals surface area contributed by atoms with Crippen LogP contribution in [0.5, 0.6) is 0 Å². The molecular formula is H50B12F12Li2O36. The number of hydrogen-bond donors (Lipinski definition) is 36. The van der Waals surface area contributed by atoms with Gasteiger partial charge in [-0.15, -0.1) is 0 Å². The molecule has 0 aliphatic rings. The van der Waals surface area contributed by atoms with Gasteiger partial charge in [0.1, 0.15) is 0 Å². The fourth-order valence-electron chi connectivity index (χ4n) is 0. The summed E-state index contributed by atoms with van der Waals surface area (Å²) >= 11 is 0. The normalized spacial score (nSPS) is 5.23. The molecule has 0 aromatic carbocycles. The Morgan fingerprint density at radius 2 is 0.0968 bits per heavy atom. The van der Waals surface area contributed by atoms with Crippen LogP contribution in [0.4, 0.5) is 56.5 Å². The number of halogens is 12. The molecule has 0 spiro atoms. The maximum atomic E-state index is 7.17. The third-order valence-corrected chi connectivity index (χ3v) is 0. The van der Waals surface area contributed by atoms with E-state index in [9.17, 15) is 0 Å². The van der Waals surface area contributed by atoms with Crippen LogP contribution in [0.15, 0.2) is 0 Å². The van der Waals surface area contributed by atoms with Gasteiger partial charge >= 0.3 is 126 Å². The molecule has 0 aliphatic heterocycles. The van der Waals surface area contributed by atoms with Crippen molar-refractivity contribution < 1.29 is 237 Å². The van der Waals surface area contributed by atoms with Crippen LogP contribution in [-0.2, 0) is 0 Å². The summed E-state index contributed by atoms with van der Waals surface area (Å²) in [5, 5.41) is 258. The van der Waals surface area contributed by atoms with Gasteiger partial charge in [-0.25, -0.2) is 0 Å². The second-order valence-corrected chi connectivity index (χ2v) is 4.16. The molecule has 0 saturated heterocycles. The monoisotopic (exact) mass is 1000 g/mol. The van der Waals surface area contributed by atoms with Crippen molar-refractivity contribution in [1.82, 2.24) is 0 Å². The first-order valence-corrected chi connectivity index (χ1v) is 9.30. The van der Waals surface area contributed by atoms with E-state index in [0.717, 1.165) is 0 Å². The van der Waals surface area contributed by atoms with Gasteiger partial charge in [-0.3, -0.25) is 56.5 Å². The van der Waals surface area contributed by atoms with E-state index in [2.05, 4.69) is 0 Å². The van der Waals surface area contributed by atoms with Gasteiger partial charge in [-0.1, -0.05) is 0 Å². The van der Waals surface area contributed by atoms with Crippen LogP contribution in [0, 0.1) is 0 Å². The number of rotatable bonds is 0. The van der Waals surface area contributed by atoms with E-state index in [1.807, 2.05) is 0 Å². The van der Waals surface area contributed by atoms with Crippen LogP contribution in [0.3, 0.4) is 0 Å². The molecule has 0 aromatic heterocycles. The van der Waals surface area contributed by atoms with Gasteiger partial charge in [0.05, 0.1) is 0 Å². The molecule has 62 heavy (non-hydrogen) atoms. The van der Waals surface area contributed by atoms with Gasteiger partial charge in [0.2, 0.25) is 0 Å². The molecule has 388 valence electrons. The van der Waals surface area contributed by atoms with Gasteiger partial charge < -0.3 is 181 Å². The Morgan fingerprint density at radius 1 is 0.0968 bits per heavy atom. The first kappa shape index (κ1) is 178. The maximum absolute atomic E-state index is 7.17. The van der Waals surface area contributed by atoms with E-state index in [0.29, 0.717) is 0 Å². The summed E-state index contributed by atoms with van der Waals surface area (Å²) in [5.41, 5.74) is 0. The fourth-order valence-corrected chi connectivity index (χ4v) is 0. The molecule has 0 saturated carbocycles. The summed E-state index contributed by atoms with van der Waals surface area (Å²) in [6.07, 6.45) is 0. The number of hydrogen-bond acceptors (Lipinski definition) is 36. The molecular weight excluding hydrogens is 948 g/mol. The molecule has 0 aromatic rings. The minimum atomic E-state index is -2.17. The molecule has 0 aliphatic carbocycles. The summed E-state index contributed by atoms with van der Waals surface area (Å²) in [7, 11) is -26.0. The van der Waals surface area contributed by atoms with Crippen LogP contribution in [-0.4, -0.2) is 306 Å². The molecule has 0 atom stereocenters. The van der Waals surface area contributed by atoms with Gasteiger partial charge in [-0.2, -0.15) is 0 Å². The predicted octanol–water partition coefficient (Wildman–Crippen LogP) is -24.1. The van der Waals surface area contributed by atoms with Gasteiger partial charge in [0.25, 0.3) is 0 Å². The third-order valence-electron chi connectivity index (χ3n) is 0. The average Bonchev–Trinajstić information content (AvgIpc) is 2.61. The van der Waals surface area contributed by atoms with Crippen LogP contribution < -0.4 is 0 Å². The molecule has 0 amide bonds. The quantitative estimate of drug-likeness (QED) is 0.0791.